The van der Waals surface area contributed by atoms with Crippen LogP contribution in [0.1, 0.15) is 90.5 Å². The Morgan fingerprint density at radius 3 is 2.55 bits per heavy atom. The van der Waals surface area contributed by atoms with Crippen molar-refractivity contribution in [1.82, 2.24) is 20.0 Å². The highest BCUT2D eigenvalue weighted by Gasteiger charge is 2.30. The Bertz CT molecular complexity index is 981. The van der Waals surface area contributed by atoms with Gasteiger partial charge < -0.3 is 15.3 Å². The summed E-state index contributed by atoms with van der Waals surface area (Å²) in [5, 5.41) is 16.5. The van der Waals surface area contributed by atoms with Crippen LogP contribution >= 0.6 is 0 Å². The van der Waals surface area contributed by atoms with Gasteiger partial charge in [-0.3, -0.25) is 19.1 Å². The first-order valence-electron chi connectivity index (χ1n) is 11.8. The monoisotopic (exact) mass is 454 g/mol. The van der Waals surface area contributed by atoms with Gasteiger partial charge in [0.25, 0.3) is 11.8 Å². The van der Waals surface area contributed by atoms with E-state index in [1.807, 2.05) is 43.0 Å². The van der Waals surface area contributed by atoms with Crippen molar-refractivity contribution in [2.75, 3.05) is 6.54 Å². The predicted molar refractivity (Wildman–Crippen MR) is 125 cm³/mol. The summed E-state index contributed by atoms with van der Waals surface area (Å²) in [5.74, 6) is -1.60. The average Bonchev–Trinajstić information content (AvgIpc) is 3.24. The molecule has 178 valence electrons. The Morgan fingerprint density at radius 2 is 1.91 bits per heavy atom. The van der Waals surface area contributed by atoms with Crippen LogP contribution in [0.4, 0.5) is 0 Å². The zero-order chi connectivity index (χ0) is 24.0. The van der Waals surface area contributed by atoms with Gasteiger partial charge in [0.2, 0.25) is 0 Å². The molecule has 1 aliphatic heterocycles. The summed E-state index contributed by atoms with van der Waals surface area (Å²) in [6.07, 6.45) is 4.83. The van der Waals surface area contributed by atoms with Gasteiger partial charge in [-0.25, -0.2) is 0 Å². The molecule has 0 spiro atoms. The Balaban J connectivity index is 1.82. The van der Waals surface area contributed by atoms with E-state index in [1.54, 1.807) is 4.68 Å². The highest BCUT2D eigenvalue weighted by molar-refractivity contribution is 5.98. The summed E-state index contributed by atoms with van der Waals surface area (Å²) in [4.78, 5) is 39.7. The van der Waals surface area contributed by atoms with Crippen LogP contribution < -0.4 is 5.32 Å². The highest BCUT2D eigenvalue weighted by atomic mass is 16.4. The third-order valence-electron chi connectivity index (χ3n) is 6.20. The minimum Gasteiger partial charge on any atom is -0.481 e. The normalized spacial score (nSPS) is 16.9. The second-order valence-corrected chi connectivity index (χ2v) is 8.70. The van der Waals surface area contributed by atoms with E-state index in [4.69, 9.17) is 0 Å². The number of piperidine rings is 1. The van der Waals surface area contributed by atoms with Crippen LogP contribution in [0.5, 0.6) is 0 Å². The van der Waals surface area contributed by atoms with E-state index >= 15 is 0 Å². The van der Waals surface area contributed by atoms with E-state index in [0.29, 0.717) is 24.3 Å². The maximum Gasteiger partial charge on any atom is 0.305 e. The zero-order valence-electron chi connectivity index (χ0n) is 19.7. The fraction of sp³-hybridized carbons (Fsp3) is 0.520. The number of likely N-dealkylation sites (tertiary alicyclic amines) is 1. The second-order valence-electron chi connectivity index (χ2n) is 8.70. The lowest BCUT2D eigenvalue weighted by Gasteiger charge is -2.35. The topological polar surface area (TPSA) is 105 Å². The number of carbonyl (C=O) groups excluding carboxylic acids is 2. The molecule has 33 heavy (non-hydrogen) atoms. The molecule has 0 aliphatic carbocycles. The van der Waals surface area contributed by atoms with Crippen molar-refractivity contribution >= 4 is 17.8 Å². The summed E-state index contributed by atoms with van der Waals surface area (Å²) in [6, 6.07) is 8.44. The van der Waals surface area contributed by atoms with Gasteiger partial charge in [-0.05, 0) is 45.1 Å². The minimum absolute atomic E-state index is 0.0952. The first-order chi connectivity index (χ1) is 15.8. The number of benzene rings is 1. The molecule has 1 aliphatic rings. The van der Waals surface area contributed by atoms with Crippen molar-refractivity contribution < 1.29 is 19.5 Å². The number of nitrogens with one attached hydrogen (secondary N) is 1. The number of hydrogen-bond acceptors (Lipinski definition) is 4. The van der Waals surface area contributed by atoms with Crippen LogP contribution in [0.2, 0.25) is 0 Å². The van der Waals surface area contributed by atoms with Crippen LogP contribution in [-0.2, 0) is 11.3 Å². The second kappa shape index (κ2) is 11.1. The van der Waals surface area contributed by atoms with Gasteiger partial charge in [-0.15, -0.1) is 0 Å². The van der Waals surface area contributed by atoms with Gasteiger partial charge in [0.1, 0.15) is 5.69 Å². The Labute approximate surface area is 195 Å². The number of aryl methyl sites for hydroxylation is 2. The van der Waals surface area contributed by atoms with E-state index in [-0.39, 0.29) is 24.1 Å². The van der Waals surface area contributed by atoms with Gasteiger partial charge in [0, 0.05) is 25.2 Å². The fourth-order valence-electron chi connectivity index (χ4n) is 4.45. The van der Waals surface area contributed by atoms with Crippen molar-refractivity contribution in [1.29, 1.82) is 0 Å². The molecule has 1 fully saturated rings. The van der Waals surface area contributed by atoms with Gasteiger partial charge in [0.05, 0.1) is 12.5 Å². The van der Waals surface area contributed by atoms with Crippen molar-refractivity contribution in [2.24, 2.45) is 0 Å². The predicted octanol–water partition coefficient (Wildman–Crippen LogP) is 3.95. The van der Waals surface area contributed by atoms with Crippen molar-refractivity contribution in [2.45, 2.75) is 77.9 Å². The standard InChI is InChI=1S/C25H34N4O4/c1-4-8-19-9-6-7-14-28(19)25(33)22-15-21(27-29(22)5-2)24(32)26-20(16-23(30)31)18-12-10-17(3)11-13-18/h10-13,15,19-20H,4-9,14,16H2,1-3H3,(H,26,32)(H,30,31)/t19?,20-/m0/s1. The summed E-state index contributed by atoms with van der Waals surface area (Å²) in [6.45, 7) is 7.12. The number of carbonyl (C=O) groups is 3. The van der Waals surface area contributed by atoms with Crippen LogP contribution in [0, 0.1) is 6.92 Å². The lowest BCUT2D eigenvalue weighted by molar-refractivity contribution is -0.137. The quantitative estimate of drug-likeness (QED) is 0.597. The van der Waals surface area contributed by atoms with Crippen LogP contribution in [-0.4, -0.2) is 50.2 Å². The van der Waals surface area contributed by atoms with Gasteiger partial charge in [-0.1, -0.05) is 43.2 Å². The van der Waals surface area contributed by atoms with E-state index in [2.05, 4.69) is 17.3 Å². The molecule has 2 amide bonds. The minimum atomic E-state index is -1.01. The van der Waals surface area contributed by atoms with Crippen LogP contribution in [0.15, 0.2) is 30.3 Å². The summed E-state index contributed by atoms with van der Waals surface area (Å²) in [5.41, 5.74) is 2.27. The SMILES string of the molecule is CCCC1CCCCN1C(=O)c1cc(C(=O)N[C@@H](CC(=O)O)c2ccc(C)cc2)nn1CC. The number of rotatable bonds is 9. The van der Waals surface area contributed by atoms with Crippen LogP contribution in [0.25, 0.3) is 0 Å². The fourth-order valence-corrected chi connectivity index (χ4v) is 4.45. The first kappa shape index (κ1) is 24.5. The van der Waals surface area contributed by atoms with Crippen molar-refractivity contribution in [3.8, 4) is 0 Å². The van der Waals surface area contributed by atoms with Crippen molar-refractivity contribution in [3.63, 3.8) is 0 Å². The molecule has 0 bridgehead atoms. The summed E-state index contributed by atoms with van der Waals surface area (Å²) < 4.78 is 1.56. The molecule has 3 rings (SSSR count). The van der Waals surface area contributed by atoms with Crippen LogP contribution in [0.3, 0.4) is 0 Å². The molecule has 1 aromatic carbocycles. The number of aliphatic carboxylic acids is 1. The molecule has 2 heterocycles. The Morgan fingerprint density at radius 1 is 1.18 bits per heavy atom. The average molecular weight is 455 g/mol. The van der Waals surface area contributed by atoms with Crippen molar-refractivity contribution in [3.05, 3.63) is 52.8 Å². The number of amides is 2. The highest BCUT2D eigenvalue weighted by Crippen LogP contribution is 2.24. The molecule has 0 saturated carbocycles. The number of hydrogen-bond donors (Lipinski definition) is 2. The third-order valence-corrected chi connectivity index (χ3v) is 6.20. The molecule has 2 aromatic rings. The molecule has 1 saturated heterocycles. The zero-order valence-corrected chi connectivity index (χ0v) is 19.7. The number of carboxylic acids is 1. The maximum atomic E-state index is 13.4. The molecule has 1 unspecified atom stereocenters. The number of nitrogens with zero attached hydrogens (tertiary/aromatic N) is 3. The third kappa shape index (κ3) is 6.00. The summed E-state index contributed by atoms with van der Waals surface area (Å²) >= 11 is 0. The molecule has 0 radical (unpaired) electrons. The number of aromatic nitrogens is 2. The molecule has 8 nitrogen and oxygen atoms in total. The van der Waals surface area contributed by atoms with E-state index in [1.165, 1.54) is 6.07 Å². The summed E-state index contributed by atoms with van der Waals surface area (Å²) in [7, 11) is 0. The lowest BCUT2D eigenvalue weighted by Crippen LogP contribution is -2.44. The van der Waals surface area contributed by atoms with Gasteiger partial charge >= 0.3 is 5.97 Å². The smallest absolute Gasteiger partial charge is 0.305 e. The lowest BCUT2D eigenvalue weighted by atomic mass is 9.98. The Hall–Kier alpha value is -3.16. The molecule has 1 aromatic heterocycles. The van der Waals surface area contributed by atoms with E-state index in [0.717, 1.165) is 37.7 Å². The molecular weight excluding hydrogens is 420 g/mol. The molecule has 2 N–H and O–H groups in total. The molecular formula is C25H34N4O4. The van der Waals surface area contributed by atoms with Gasteiger partial charge in [0.15, 0.2) is 5.69 Å². The first-order valence-corrected chi connectivity index (χ1v) is 11.8. The molecule has 8 heteroatoms. The van der Waals surface area contributed by atoms with Gasteiger partial charge in [-0.2, -0.15) is 5.10 Å². The van der Waals surface area contributed by atoms with E-state index in [9.17, 15) is 19.5 Å². The maximum absolute atomic E-state index is 13.4. The largest absolute Gasteiger partial charge is 0.481 e. The van der Waals surface area contributed by atoms with E-state index < -0.39 is 17.9 Å². The number of carboxylic acid groups (broad SMARTS) is 1. The molecule has 2 atom stereocenters. The Kier molecular flexibility index (Phi) is 8.25.